The van der Waals surface area contributed by atoms with Gasteiger partial charge in [-0.25, -0.2) is 4.98 Å². The number of ether oxygens (including phenoxy) is 1. The Kier molecular flexibility index (Phi) is 3.45. The van der Waals surface area contributed by atoms with Crippen molar-refractivity contribution in [3.8, 4) is 5.75 Å². The molecule has 0 saturated carbocycles. The Labute approximate surface area is 100 Å². The van der Waals surface area contributed by atoms with E-state index in [9.17, 15) is 0 Å². The summed E-state index contributed by atoms with van der Waals surface area (Å²) in [6, 6.07) is 11.5. The van der Waals surface area contributed by atoms with Crippen LogP contribution in [0, 0.1) is 0 Å². The SMILES string of the molecule is COc1cccc(CNc2ncccc2N)c1. The predicted octanol–water partition coefficient (Wildman–Crippen LogP) is 2.28. The zero-order valence-electron chi connectivity index (χ0n) is 9.68. The lowest BCUT2D eigenvalue weighted by molar-refractivity contribution is 0.414. The second kappa shape index (κ2) is 5.21. The molecule has 17 heavy (non-hydrogen) atoms. The van der Waals surface area contributed by atoms with E-state index in [2.05, 4.69) is 10.3 Å². The first-order valence-electron chi connectivity index (χ1n) is 5.37. The second-order valence-corrected chi connectivity index (χ2v) is 3.65. The van der Waals surface area contributed by atoms with E-state index < -0.39 is 0 Å². The summed E-state index contributed by atoms with van der Waals surface area (Å²) in [7, 11) is 1.66. The van der Waals surface area contributed by atoms with E-state index in [-0.39, 0.29) is 0 Å². The van der Waals surface area contributed by atoms with Crippen LogP contribution in [0.5, 0.6) is 5.75 Å². The van der Waals surface area contributed by atoms with Crippen molar-refractivity contribution in [2.45, 2.75) is 6.54 Å². The number of benzene rings is 1. The molecule has 3 N–H and O–H groups in total. The van der Waals surface area contributed by atoms with E-state index in [0.29, 0.717) is 18.1 Å². The zero-order chi connectivity index (χ0) is 12.1. The van der Waals surface area contributed by atoms with Crippen molar-refractivity contribution in [1.29, 1.82) is 0 Å². The van der Waals surface area contributed by atoms with E-state index in [1.165, 1.54) is 0 Å². The van der Waals surface area contributed by atoms with Gasteiger partial charge < -0.3 is 15.8 Å². The van der Waals surface area contributed by atoms with Gasteiger partial charge in [0.2, 0.25) is 0 Å². The van der Waals surface area contributed by atoms with Crippen LogP contribution in [-0.4, -0.2) is 12.1 Å². The number of anilines is 2. The van der Waals surface area contributed by atoms with Crippen molar-refractivity contribution in [2.75, 3.05) is 18.2 Å². The lowest BCUT2D eigenvalue weighted by Crippen LogP contribution is -2.04. The molecule has 0 aliphatic rings. The fourth-order valence-corrected chi connectivity index (χ4v) is 1.53. The number of nitrogens with two attached hydrogens (primary N) is 1. The minimum atomic E-state index is 0.649. The standard InChI is InChI=1S/C13H15N3O/c1-17-11-5-2-4-10(8-11)9-16-13-12(14)6-3-7-15-13/h2-8H,9,14H2,1H3,(H,15,16). The monoisotopic (exact) mass is 229 g/mol. The molecule has 0 saturated heterocycles. The maximum atomic E-state index is 5.79. The molecule has 0 bridgehead atoms. The van der Waals surface area contributed by atoms with E-state index >= 15 is 0 Å². The summed E-state index contributed by atoms with van der Waals surface area (Å²) in [5, 5.41) is 3.19. The minimum Gasteiger partial charge on any atom is -0.497 e. The van der Waals surface area contributed by atoms with Gasteiger partial charge in [-0.15, -0.1) is 0 Å². The van der Waals surface area contributed by atoms with Gasteiger partial charge >= 0.3 is 0 Å². The summed E-state index contributed by atoms with van der Waals surface area (Å²) in [4.78, 5) is 4.17. The van der Waals surface area contributed by atoms with Gasteiger partial charge in [-0.05, 0) is 29.8 Å². The van der Waals surface area contributed by atoms with Crippen molar-refractivity contribution in [1.82, 2.24) is 4.98 Å². The van der Waals surface area contributed by atoms with E-state index in [4.69, 9.17) is 10.5 Å². The van der Waals surface area contributed by atoms with E-state index in [0.717, 1.165) is 11.3 Å². The quantitative estimate of drug-likeness (QED) is 0.844. The van der Waals surface area contributed by atoms with Crippen LogP contribution in [0.3, 0.4) is 0 Å². The lowest BCUT2D eigenvalue weighted by atomic mass is 10.2. The molecule has 0 aliphatic heterocycles. The second-order valence-electron chi connectivity index (χ2n) is 3.65. The molecule has 0 radical (unpaired) electrons. The number of rotatable bonds is 4. The van der Waals surface area contributed by atoms with Crippen molar-refractivity contribution < 1.29 is 4.74 Å². The summed E-state index contributed by atoms with van der Waals surface area (Å²) in [6.07, 6.45) is 1.71. The molecule has 4 nitrogen and oxygen atoms in total. The maximum Gasteiger partial charge on any atom is 0.149 e. The van der Waals surface area contributed by atoms with E-state index in [1.807, 2.05) is 36.4 Å². The smallest absolute Gasteiger partial charge is 0.149 e. The van der Waals surface area contributed by atoms with E-state index in [1.54, 1.807) is 13.3 Å². The Balaban J connectivity index is 2.05. The van der Waals surface area contributed by atoms with Crippen molar-refractivity contribution >= 4 is 11.5 Å². The van der Waals surface area contributed by atoms with Gasteiger partial charge in [0.15, 0.2) is 0 Å². The van der Waals surface area contributed by atoms with Crippen LogP contribution in [0.4, 0.5) is 11.5 Å². The maximum absolute atomic E-state index is 5.79. The molecule has 88 valence electrons. The van der Waals surface area contributed by atoms with Crippen LogP contribution in [-0.2, 0) is 6.54 Å². The Hall–Kier alpha value is -2.23. The van der Waals surface area contributed by atoms with Gasteiger partial charge in [-0.2, -0.15) is 0 Å². The Bertz CT molecular complexity index is 500. The van der Waals surface area contributed by atoms with Gasteiger partial charge in [0.05, 0.1) is 12.8 Å². The number of methoxy groups -OCH3 is 1. The fraction of sp³-hybridized carbons (Fsp3) is 0.154. The highest BCUT2D eigenvalue weighted by Crippen LogP contribution is 2.16. The molecule has 2 aromatic rings. The normalized spacial score (nSPS) is 9.94. The minimum absolute atomic E-state index is 0.649. The topological polar surface area (TPSA) is 60.2 Å². The third-order valence-corrected chi connectivity index (χ3v) is 2.43. The average Bonchev–Trinajstić information content (AvgIpc) is 2.38. The largest absolute Gasteiger partial charge is 0.497 e. The number of nitrogens with one attached hydrogen (secondary N) is 1. The van der Waals surface area contributed by atoms with Crippen LogP contribution in [0.2, 0.25) is 0 Å². The van der Waals surface area contributed by atoms with Crippen molar-refractivity contribution in [3.63, 3.8) is 0 Å². The molecule has 0 aliphatic carbocycles. The first-order chi connectivity index (χ1) is 8.29. The van der Waals surface area contributed by atoms with Gasteiger partial charge in [0.25, 0.3) is 0 Å². The average molecular weight is 229 g/mol. The molecule has 0 atom stereocenters. The van der Waals surface area contributed by atoms with Gasteiger partial charge in [-0.3, -0.25) is 0 Å². The first-order valence-corrected chi connectivity index (χ1v) is 5.37. The molecule has 2 rings (SSSR count). The van der Waals surface area contributed by atoms with Gasteiger partial charge in [0.1, 0.15) is 11.6 Å². The highest BCUT2D eigenvalue weighted by Gasteiger charge is 1.99. The predicted molar refractivity (Wildman–Crippen MR) is 69.0 cm³/mol. The Morgan fingerprint density at radius 3 is 2.94 bits per heavy atom. The van der Waals surface area contributed by atoms with Crippen LogP contribution in [0.25, 0.3) is 0 Å². The van der Waals surface area contributed by atoms with Gasteiger partial charge in [-0.1, -0.05) is 12.1 Å². The molecular weight excluding hydrogens is 214 g/mol. The number of nitrogens with zero attached hydrogens (tertiary/aromatic N) is 1. The molecule has 1 heterocycles. The molecule has 4 heteroatoms. The van der Waals surface area contributed by atoms with Crippen LogP contribution in [0.15, 0.2) is 42.6 Å². The molecule has 1 aromatic heterocycles. The molecule has 0 spiro atoms. The number of hydrogen-bond acceptors (Lipinski definition) is 4. The number of pyridine rings is 1. The highest BCUT2D eigenvalue weighted by atomic mass is 16.5. The summed E-state index contributed by atoms with van der Waals surface area (Å²) < 4.78 is 5.16. The molecule has 0 fully saturated rings. The fourth-order valence-electron chi connectivity index (χ4n) is 1.53. The van der Waals surface area contributed by atoms with Crippen molar-refractivity contribution in [3.05, 3.63) is 48.2 Å². The van der Waals surface area contributed by atoms with Crippen LogP contribution in [0.1, 0.15) is 5.56 Å². The first kappa shape index (κ1) is 11.3. The van der Waals surface area contributed by atoms with Gasteiger partial charge in [0, 0.05) is 12.7 Å². The number of nitrogen functional groups attached to an aromatic ring is 1. The molecule has 0 amide bonds. The van der Waals surface area contributed by atoms with Crippen molar-refractivity contribution in [2.24, 2.45) is 0 Å². The Morgan fingerprint density at radius 2 is 2.18 bits per heavy atom. The third-order valence-electron chi connectivity index (χ3n) is 2.43. The summed E-state index contributed by atoms with van der Waals surface area (Å²) in [5.74, 6) is 1.55. The summed E-state index contributed by atoms with van der Waals surface area (Å²) in [5.41, 5.74) is 7.56. The van der Waals surface area contributed by atoms with Crippen LogP contribution < -0.4 is 15.8 Å². The summed E-state index contributed by atoms with van der Waals surface area (Å²) in [6.45, 7) is 0.665. The summed E-state index contributed by atoms with van der Waals surface area (Å²) >= 11 is 0. The molecular formula is C13H15N3O. The Morgan fingerprint density at radius 1 is 1.29 bits per heavy atom. The molecule has 0 unspecified atom stereocenters. The molecule has 1 aromatic carbocycles. The highest BCUT2D eigenvalue weighted by molar-refractivity contribution is 5.60. The lowest BCUT2D eigenvalue weighted by Gasteiger charge is -2.08. The number of hydrogen-bond donors (Lipinski definition) is 2. The van der Waals surface area contributed by atoms with Crippen LogP contribution >= 0.6 is 0 Å². The number of aromatic nitrogens is 1. The zero-order valence-corrected chi connectivity index (χ0v) is 9.68. The third kappa shape index (κ3) is 2.87.